The van der Waals surface area contributed by atoms with Crippen molar-refractivity contribution in [2.45, 2.75) is 45.1 Å². The van der Waals surface area contributed by atoms with Crippen LogP contribution < -0.4 is 15.4 Å². The Morgan fingerprint density at radius 2 is 2.03 bits per heavy atom. The van der Waals surface area contributed by atoms with Gasteiger partial charge in [0.15, 0.2) is 0 Å². The SMILES string of the molecule is COc1ccccc1NC(=O)CCCCC(C)NCCc1c[nH]c2ccc(O)cc12. The standard InChI is InChI=1S/C24H31N3O3/c1-17(25-14-13-18-16-26-21-12-11-19(28)15-20(18)21)7-3-6-10-24(29)27-22-8-4-5-9-23(22)30-2/h4-5,8-9,11-12,15-17,25-26,28H,3,6-7,10,13-14H2,1-2H3,(H,27,29). The number of benzene rings is 2. The molecular formula is C24H31N3O3. The summed E-state index contributed by atoms with van der Waals surface area (Å²) < 4.78 is 5.26. The van der Waals surface area contributed by atoms with Crippen molar-refractivity contribution >= 4 is 22.5 Å². The highest BCUT2D eigenvalue weighted by Gasteiger charge is 2.08. The Morgan fingerprint density at radius 1 is 1.20 bits per heavy atom. The molecule has 0 radical (unpaired) electrons. The average molecular weight is 410 g/mol. The summed E-state index contributed by atoms with van der Waals surface area (Å²) in [4.78, 5) is 15.4. The Balaban J connectivity index is 1.32. The Labute approximate surface area is 177 Å². The van der Waals surface area contributed by atoms with E-state index < -0.39 is 0 Å². The van der Waals surface area contributed by atoms with Crippen LogP contribution in [0.15, 0.2) is 48.7 Å². The van der Waals surface area contributed by atoms with E-state index in [1.165, 1.54) is 5.56 Å². The van der Waals surface area contributed by atoms with Crippen molar-refractivity contribution in [3.05, 3.63) is 54.2 Å². The van der Waals surface area contributed by atoms with Gasteiger partial charge in [-0.15, -0.1) is 0 Å². The number of unbranched alkanes of at least 4 members (excludes halogenated alkanes) is 1. The molecule has 0 aliphatic heterocycles. The second-order valence-electron chi connectivity index (χ2n) is 7.64. The Morgan fingerprint density at radius 3 is 2.87 bits per heavy atom. The van der Waals surface area contributed by atoms with Gasteiger partial charge in [0.05, 0.1) is 12.8 Å². The van der Waals surface area contributed by atoms with Crippen molar-refractivity contribution in [1.82, 2.24) is 10.3 Å². The third kappa shape index (κ3) is 6.00. The third-order valence-corrected chi connectivity index (χ3v) is 5.31. The van der Waals surface area contributed by atoms with E-state index in [9.17, 15) is 9.90 Å². The molecule has 0 saturated heterocycles. The maximum absolute atomic E-state index is 12.2. The number of rotatable bonds is 11. The summed E-state index contributed by atoms with van der Waals surface area (Å²) in [7, 11) is 1.60. The number of para-hydroxylation sites is 2. The van der Waals surface area contributed by atoms with Crippen LogP contribution in [0, 0.1) is 0 Å². The monoisotopic (exact) mass is 409 g/mol. The normalized spacial score (nSPS) is 12.1. The summed E-state index contributed by atoms with van der Waals surface area (Å²) in [6.07, 6.45) is 6.29. The van der Waals surface area contributed by atoms with Gasteiger partial charge in [-0.25, -0.2) is 0 Å². The molecule has 30 heavy (non-hydrogen) atoms. The van der Waals surface area contributed by atoms with Crippen molar-refractivity contribution in [3.8, 4) is 11.5 Å². The zero-order valence-corrected chi connectivity index (χ0v) is 17.7. The molecule has 1 atom stereocenters. The largest absolute Gasteiger partial charge is 0.508 e. The topological polar surface area (TPSA) is 86.4 Å². The fourth-order valence-electron chi connectivity index (χ4n) is 3.63. The minimum absolute atomic E-state index is 0.0164. The van der Waals surface area contributed by atoms with Gasteiger partial charge >= 0.3 is 0 Å². The molecule has 0 bridgehead atoms. The molecule has 160 valence electrons. The molecule has 0 spiro atoms. The number of carbonyl (C=O) groups is 1. The maximum Gasteiger partial charge on any atom is 0.224 e. The van der Waals surface area contributed by atoms with Crippen LogP contribution in [0.4, 0.5) is 5.69 Å². The lowest BCUT2D eigenvalue weighted by Gasteiger charge is -2.14. The van der Waals surface area contributed by atoms with Crippen molar-refractivity contribution in [3.63, 3.8) is 0 Å². The minimum Gasteiger partial charge on any atom is -0.508 e. The van der Waals surface area contributed by atoms with Crippen molar-refractivity contribution in [2.24, 2.45) is 0 Å². The first kappa shape index (κ1) is 21.7. The van der Waals surface area contributed by atoms with E-state index in [2.05, 4.69) is 22.5 Å². The number of phenols is 1. The number of hydrogen-bond donors (Lipinski definition) is 4. The number of methoxy groups -OCH3 is 1. The van der Waals surface area contributed by atoms with Crippen LogP contribution in [0.3, 0.4) is 0 Å². The Bertz CT molecular complexity index is 967. The van der Waals surface area contributed by atoms with E-state index in [-0.39, 0.29) is 5.91 Å². The summed E-state index contributed by atoms with van der Waals surface area (Å²) in [5.41, 5.74) is 2.96. The second-order valence-corrected chi connectivity index (χ2v) is 7.64. The van der Waals surface area contributed by atoms with Gasteiger partial charge in [0, 0.05) is 29.6 Å². The summed E-state index contributed by atoms with van der Waals surface area (Å²) in [6, 6.07) is 13.2. The fraction of sp³-hybridized carbons (Fsp3) is 0.375. The van der Waals surface area contributed by atoms with Gasteiger partial charge in [0.2, 0.25) is 5.91 Å². The van der Waals surface area contributed by atoms with Gasteiger partial charge in [0.25, 0.3) is 0 Å². The number of aromatic hydroxyl groups is 1. The average Bonchev–Trinajstić information content (AvgIpc) is 3.13. The number of ether oxygens (including phenoxy) is 1. The van der Waals surface area contributed by atoms with Crippen LogP contribution in [-0.2, 0) is 11.2 Å². The van der Waals surface area contributed by atoms with Gasteiger partial charge in [-0.05, 0) is 68.6 Å². The number of carbonyl (C=O) groups excluding carboxylic acids is 1. The number of anilines is 1. The fourth-order valence-corrected chi connectivity index (χ4v) is 3.63. The van der Waals surface area contributed by atoms with Crippen LogP contribution in [-0.4, -0.2) is 35.7 Å². The molecule has 6 nitrogen and oxygen atoms in total. The molecule has 1 aromatic heterocycles. The number of aromatic nitrogens is 1. The number of fused-ring (bicyclic) bond motifs is 1. The lowest BCUT2D eigenvalue weighted by molar-refractivity contribution is -0.116. The second kappa shape index (κ2) is 10.7. The molecule has 1 amide bonds. The predicted molar refractivity (Wildman–Crippen MR) is 121 cm³/mol. The molecule has 2 aromatic carbocycles. The van der Waals surface area contributed by atoms with Crippen molar-refractivity contribution < 1.29 is 14.6 Å². The Hall–Kier alpha value is -2.99. The predicted octanol–water partition coefficient (Wildman–Crippen LogP) is 4.60. The highest BCUT2D eigenvalue weighted by Crippen LogP contribution is 2.24. The van der Waals surface area contributed by atoms with Gasteiger partial charge in [-0.1, -0.05) is 18.6 Å². The molecule has 3 aromatic rings. The summed E-state index contributed by atoms with van der Waals surface area (Å²) in [6.45, 7) is 3.05. The van der Waals surface area contributed by atoms with E-state index in [0.717, 1.165) is 43.1 Å². The molecule has 0 saturated carbocycles. The molecule has 1 unspecified atom stereocenters. The zero-order valence-electron chi connectivity index (χ0n) is 17.7. The van der Waals surface area contributed by atoms with Crippen molar-refractivity contribution in [1.29, 1.82) is 0 Å². The molecule has 3 rings (SSSR count). The highest BCUT2D eigenvalue weighted by molar-refractivity contribution is 5.92. The molecule has 0 fully saturated rings. The Kier molecular flexibility index (Phi) is 7.74. The van der Waals surface area contributed by atoms with E-state index >= 15 is 0 Å². The highest BCUT2D eigenvalue weighted by atomic mass is 16.5. The first-order valence-electron chi connectivity index (χ1n) is 10.5. The smallest absolute Gasteiger partial charge is 0.224 e. The van der Waals surface area contributed by atoms with Gasteiger partial charge in [-0.2, -0.15) is 0 Å². The van der Waals surface area contributed by atoms with Crippen LogP contribution in [0.1, 0.15) is 38.2 Å². The number of phenolic OH excluding ortho intramolecular Hbond substituents is 1. The lowest BCUT2D eigenvalue weighted by atomic mass is 10.1. The molecule has 0 aliphatic rings. The van der Waals surface area contributed by atoms with Crippen molar-refractivity contribution in [2.75, 3.05) is 19.0 Å². The third-order valence-electron chi connectivity index (χ3n) is 5.31. The summed E-state index contributed by atoms with van der Waals surface area (Å²) >= 11 is 0. The number of amides is 1. The number of hydrogen-bond acceptors (Lipinski definition) is 4. The maximum atomic E-state index is 12.2. The van der Waals surface area contributed by atoms with Crippen LogP contribution in [0.5, 0.6) is 11.5 Å². The van der Waals surface area contributed by atoms with E-state index in [4.69, 9.17) is 4.74 Å². The first-order valence-corrected chi connectivity index (χ1v) is 10.5. The van der Waals surface area contributed by atoms with Crippen LogP contribution >= 0.6 is 0 Å². The molecule has 4 N–H and O–H groups in total. The number of nitrogens with one attached hydrogen (secondary N) is 3. The zero-order chi connectivity index (χ0) is 21.3. The van der Waals surface area contributed by atoms with E-state index in [1.54, 1.807) is 19.2 Å². The number of H-pyrrole nitrogens is 1. The molecular weight excluding hydrogens is 378 g/mol. The molecule has 0 aliphatic carbocycles. The molecule has 1 heterocycles. The van der Waals surface area contributed by atoms with Gasteiger partial charge in [0.1, 0.15) is 11.5 Å². The minimum atomic E-state index is 0.0164. The van der Waals surface area contributed by atoms with E-state index in [0.29, 0.717) is 29.6 Å². The van der Waals surface area contributed by atoms with E-state index in [1.807, 2.05) is 36.5 Å². The summed E-state index contributed by atoms with van der Waals surface area (Å²) in [5, 5.41) is 17.2. The first-order chi connectivity index (χ1) is 14.6. The van der Waals surface area contributed by atoms with Crippen LogP contribution in [0.2, 0.25) is 0 Å². The lowest BCUT2D eigenvalue weighted by Crippen LogP contribution is -2.28. The van der Waals surface area contributed by atoms with Crippen LogP contribution in [0.25, 0.3) is 10.9 Å². The summed E-state index contributed by atoms with van der Waals surface area (Å²) in [5.74, 6) is 0.983. The van der Waals surface area contributed by atoms with Gasteiger partial charge in [-0.3, -0.25) is 4.79 Å². The number of aromatic amines is 1. The van der Waals surface area contributed by atoms with Gasteiger partial charge < -0.3 is 25.5 Å². The molecule has 6 heteroatoms. The quantitative estimate of drug-likeness (QED) is 0.349.